The van der Waals surface area contributed by atoms with Crippen LogP contribution in [0.5, 0.6) is 5.75 Å². The highest BCUT2D eigenvalue weighted by Crippen LogP contribution is 2.15. The predicted molar refractivity (Wildman–Crippen MR) is 102 cm³/mol. The van der Waals surface area contributed by atoms with Crippen molar-refractivity contribution in [1.82, 2.24) is 10.2 Å². The Balaban J connectivity index is 1.37. The summed E-state index contributed by atoms with van der Waals surface area (Å²) in [5.41, 5.74) is 1.15. The van der Waals surface area contributed by atoms with Gasteiger partial charge in [-0.05, 0) is 43.3 Å². The second kappa shape index (κ2) is 8.85. The topological polar surface area (TPSA) is 58.6 Å². The van der Waals surface area contributed by atoms with Crippen molar-refractivity contribution in [1.29, 1.82) is 0 Å². The van der Waals surface area contributed by atoms with Crippen molar-refractivity contribution in [3.63, 3.8) is 0 Å². The molecular weight excluding hydrogens is 348 g/mol. The van der Waals surface area contributed by atoms with Gasteiger partial charge in [-0.2, -0.15) is 0 Å². The van der Waals surface area contributed by atoms with E-state index in [1.807, 2.05) is 53.6 Å². The Labute approximate surface area is 158 Å². The molecule has 2 heterocycles. The molecule has 6 heteroatoms. The van der Waals surface area contributed by atoms with Crippen molar-refractivity contribution in [2.24, 2.45) is 0 Å². The van der Waals surface area contributed by atoms with Gasteiger partial charge in [0.25, 0.3) is 5.91 Å². The van der Waals surface area contributed by atoms with Crippen molar-refractivity contribution in [3.05, 3.63) is 52.2 Å². The number of rotatable bonds is 6. The lowest BCUT2D eigenvalue weighted by molar-refractivity contribution is -0.131. The van der Waals surface area contributed by atoms with Crippen molar-refractivity contribution in [3.8, 4) is 5.75 Å². The van der Waals surface area contributed by atoms with Gasteiger partial charge in [0.2, 0.25) is 5.91 Å². The van der Waals surface area contributed by atoms with E-state index in [9.17, 15) is 9.59 Å². The first-order chi connectivity index (χ1) is 12.6. The fourth-order valence-electron chi connectivity index (χ4n) is 3.00. The minimum atomic E-state index is -0.117. The van der Waals surface area contributed by atoms with Crippen LogP contribution in [0.2, 0.25) is 0 Å². The standard InChI is InChI=1S/C20H24N2O3S/c1-15-4-6-17(7-5-15)25-14-19(23)21-16-8-10-22(11-9-16)20(24)13-18-3-2-12-26-18/h2-7,12,16H,8-11,13-14H2,1H3,(H,21,23). The fraction of sp³-hybridized carbons (Fsp3) is 0.400. The van der Waals surface area contributed by atoms with E-state index in [0.717, 1.165) is 23.3 Å². The number of hydrogen-bond acceptors (Lipinski definition) is 4. The number of amides is 2. The lowest BCUT2D eigenvalue weighted by Gasteiger charge is -2.32. The molecule has 2 amide bonds. The van der Waals surface area contributed by atoms with Gasteiger partial charge in [-0.15, -0.1) is 11.3 Å². The zero-order valence-corrected chi connectivity index (χ0v) is 15.8. The summed E-state index contributed by atoms with van der Waals surface area (Å²) in [6, 6.07) is 11.7. The molecule has 2 aromatic rings. The van der Waals surface area contributed by atoms with Crippen molar-refractivity contribution >= 4 is 23.2 Å². The number of carbonyl (C=O) groups excluding carboxylic acids is 2. The number of nitrogens with one attached hydrogen (secondary N) is 1. The van der Waals surface area contributed by atoms with Gasteiger partial charge in [0.1, 0.15) is 5.75 Å². The first-order valence-corrected chi connectivity index (χ1v) is 9.77. The van der Waals surface area contributed by atoms with Crippen molar-refractivity contribution < 1.29 is 14.3 Å². The third kappa shape index (κ3) is 5.33. The van der Waals surface area contributed by atoms with Gasteiger partial charge in [0, 0.05) is 24.0 Å². The van der Waals surface area contributed by atoms with Gasteiger partial charge in [0.05, 0.1) is 6.42 Å². The van der Waals surface area contributed by atoms with Gasteiger partial charge in [0.15, 0.2) is 6.61 Å². The van der Waals surface area contributed by atoms with E-state index in [2.05, 4.69) is 5.32 Å². The Morgan fingerprint density at radius 1 is 1.19 bits per heavy atom. The summed E-state index contributed by atoms with van der Waals surface area (Å²) in [6.07, 6.45) is 2.04. The van der Waals surface area contributed by atoms with Crippen LogP contribution in [0.15, 0.2) is 41.8 Å². The molecule has 0 radical (unpaired) electrons. The molecule has 1 fully saturated rings. The molecule has 5 nitrogen and oxygen atoms in total. The minimum absolute atomic E-state index is 0.0145. The zero-order chi connectivity index (χ0) is 18.4. The summed E-state index contributed by atoms with van der Waals surface area (Å²) in [4.78, 5) is 27.4. The molecular formula is C20H24N2O3S. The Bertz CT molecular complexity index is 720. The number of aryl methyl sites for hydroxylation is 1. The molecule has 1 saturated heterocycles. The number of carbonyl (C=O) groups is 2. The maximum absolute atomic E-state index is 12.3. The van der Waals surface area contributed by atoms with Crippen LogP contribution in [0.3, 0.4) is 0 Å². The minimum Gasteiger partial charge on any atom is -0.484 e. The van der Waals surface area contributed by atoms with Crippen LogP contribution in [-0.2, 0) is 16.0 Å². The first kappa shape index (κ1) is 18.5. The van der Waals surface area contributed by atoms with Gasteiger partial charge < -0.3 is 15.0 Å². The van der Waals surface area contributed by atoms with Gasteiger partial charge in [-0.1, -0.05) is 23.8 Å². The van der Waals surface area contributed by atoms with E-state index < -0.39 is 0 Å². The smallest absolute Gasteiger partial charge is 0.258 e. The van der Waals surface area contributed by atoms with Gasteiger partial charge in [-0.3, -0.25) is 9.59 Å². The van der Waals surface area contributed by atoms with E-state index in [1.165, 1.54) is 0 Å². The second-order valence-corrected chi connectivity index (χ2v) is 7.61. The number of ether oxygens (including phenoxy) is 1. The molecule has 1 aromatic heterocycles. The molecule has 26 heavy (non-hydrogen) atoms. The number of piperidine rings is 1. The van der Waals surface area contributed by atoms with Gasteiger partial charge >= 0.3 is 0 Å². The van der Waals surface area contributed by atoms with E-state index >= 15 is 0 Å². The van der Waals surface area contributed by atoms with Crippen LogP contribution in [0.4, 0.5) is 0 Å². The van der Waals surface area contributed by atoms with Crippen LogP contribution >= 0.6 is 11.3 Å². The highest BCUT2D eigenvalue weighted by atomic mass is 32.1. The fourth-order valence-corrected chi connectivity index (χ4v) is 3.70. The molecule has 3 rings (SSSR count). The maximum Gasteiger partial charge on any atom is 0.258 e. The Hall–Kier alpha value is -2.34. The number of likely N-dealkylation sites (tertiary alicyclic amines) is 1. The molecule has 0 saturated carbocycles. The van der Waals surface area contributed by atoms with E-state index in [-0.39, 0.29) is 24.5 Å². The van der Waals surface area contributed by atoms with Crippen molar-refractivity contribution in [2.75, 3.05) is 19.7 Å². The van der Waals surface area contributed by atoms with Crippen LogP contribution in [0, 0.1) is 6.92 Å². The highest BCUT2D eigenvalue weighted by Gasteiger charge is 2.24. The van der Waals surface area contributed by atoms with E-state index in [0.29, 0.717) is 25.3 Å². The molecule has 0 bridgehead atoms. The zero-order valence-electron chi connectivity index (χ0n) is 14.9. The summed E-state index contributed by atoms with van der Waals surface area (Å²) >= 11 is 1.61. The van der Waals surface area contributed by atoms with E-state index in [1.54, 1.807) is 11.3 Å². The van der Waals surface area contributed by atoms with Crippen LogP contribution in [0.1, 0.15) is 23.3 Å². The third-order valence-corrected chi connectivity index (χ3v) is 5.39. The SMILES string of the molecule is Cc1ccc(OCC(=O)NC2CCN(C(=O)Cc3cccs3)CC2)cc1. The number of thiophene rings is 1. The molecule has 0 atom stereocenters. The summed E-state index contributed by atoms with van der Waals surface area (Å²) in [6.45, 7) is 3.40. The molecule has 0 aliphatic carbocycles. The summed E-state index contributed by atoms with van der Waals surface area (Å²) in [5, 5.41) is 4.99. The average Bonchev–Trinajstić information content (AvgIpc) is 3.15. The number of benzene rings is 1. The Morgan fingerprint density at radius 3 is 2.58 bits per heavy atom. The molecule has 1 aliphatic rings. The number of nitrogens with zero attached hydrogens (tertiary/aromatic N) is 1. The highest BCUT2D eigenvalue weighted by molar-refractivity contribution is 7.10. The Morgan fingerprint density at radius 2 is 1.92 bits per heavy atom. The molecule has 138 valence electrons. The molecule has 1 aromatic carbocycles. The van der Waals surface area contributed by atoms with Crippen molar-refractivity contribution in [2.45, 2.75) is 32.2 Å². The predicted octanol–water partition coefficient (Wildman–Crippen LogP) is 2.79. The molecule has 0 unspecified atom stereocenters. The van der Waals surface area contributed by atoms with Crippen LogP contribution in [-0.4, -0.2) is 42.5 Å². The van der Waals surface area contributed by atoms with Crippen LogP contribution < -0.4 is 10.1 Å². The molecule has 1 aliphatic heterocycles. The first-order valence-electron chi connectivity index (χ1n) is 8.89. The quantitative estimate of drug-likeness (QED) is 0.848. The summed E-state index contributed by atoms with van der Waals surface area (Å²) in [5.74, 6) is 0.744. The van der Waals surface area contributed by atoms with Gasteiger partial charge in [-0.25, -0.2) is 0 Å². The summed E-state index contributed by atoms with van der Waals surface area (Å²) < 4.78 is 5.51. The Kier molecular flexibility index (Phi) is 6.28. The maximum atomic E-state index is 12.3. The molecule has 0 spiro atoms. The second-order valence-electron chi connectivity index (χ2n) is 6.58. The van der Waals surface area contributed by atoms with E-state index in [4.69, 9.17) is 4.74 Å². The summed E-state index contributed by atoms with van der Waals surface area (Å²) in [7, 11) is 0. The lowest BCUT2D eigenvalue weighted by atomic mass is 10.0. The normalized spacial score (nSPS) is 14.9. The monoisotopic (exact) mass is 372 g/mol. The third-order valence-electron chi connectivity index (χ3n) is 4.51. The number of hydrogen-bond donors (Lipinski definition) is 1. The van der Waals surface area contributed by atoms with Crippen LogP contribution in [0.25, 0.3) is 0 Å². The lowest BCUT2D eigenvalue weighted by Crippen LogP contribution is -2.47. The molecule has 1 N–H and O–H groups in total. The average molecular weight is 372 g/mol. The largest absolute Gasteiger partial charge is 0.484 e.